The number of hydrogen-bond donors (Lipinski definition) is 2. The summed E-state index contributed by atoms with van der Waals surface area (Å²) in [6.07, 6.45) is 3.65. The maximum absolute atomic E-state index is 11.6. The van der Waals surface area contributed by atoms with Crippen LogP contribution in [0.1, 0.15) is 6.42 Å². The molecule has 0 spiro atoms. The van der Waals surface area contributed by atoms with Gasteiger partial charge in [0.1, 0.15) is 10.9 Å². The summed E-state index contributed by atoms with van der Waals surface area (Å²) in [5, 5.41) is 15.3. The van der Waals surface area contributed by atoms with Gasteiger partial charge in [-0.2, -0.15) is 9.61 Å². The summed E-state index contributed by atoms with van der Waals surface area (Å²) in [6, 6.07) is 0. The summed E-state index contributed by atoms with van der Waals surface area (Å²) >= 11 is 1.28. The molecule has 0 aliphatic heterocycles. The van der Waals surface area contributed by atoms with Crippen LogP contribution in [0.25, 0.3) is 11.2 Å². The number of nitrogens with one attached hydrogen (secondary N) is 1. The van der Waals surface area contributed by atoms with Gasteiger partial charge in [-0.15, -0.1) is 0 Å². The van der Waals surface area contributed by atoms with Gasteiger partial charge in [0.05, 0.1) is 0 Å². The van der Waals surface area contributed by atoms with Gasteiger partial charge in [-0.05, 0) is 6.42 Å². The van der Waals surface area contributed by atoms with Crippen molar-refractivity contribution >= 4 is 22.5 Å². The van der Waals surface area contributed by atoms with Crippen LogP contribution in [0.5, 0.6) is 0 Å². The van der Waals surface area contributed by atoms with E-state index in [9.17, 15) is 4.79 Å². The molecule has 0 aliphatic rings. The molecular weight excluding hydrogens is 216 g/mol. The van der Waals surface area contributed by atoms with Gasteiger partial charge in [0.25, 0.3) is 5.56 Å². The van der Waals surface area contributed by atoms with Crippen molar-refractivity contribution in [3.05, 3.63) is 21.2 Å². The average molecular weight is 226 g/mol. The van der Waals surface area contributed by atoms with Crippen LogP contribution in [0.4, 0.5) is 0 Å². The van der Waals surface area contributed by atoms with Gasteiger partial charge in [0.15, 0.2) is 0 Å². The lowest BCUT2D eigenvalue weighted by atomic mass is 10.4. The molecular formula is C8H10N4O2S. The van der Waals surface area contributed by atoms with Crippen molar-refractivity contribution in [1.82, 2.24) is 19.9 Å². The van der Waals surface area contributed by atoms with Crippen molar-refractivity contribution in [2.45, 2.75) is 6.42 Å². The highest BCUT2D eigenvalue weighted by molar-refractivity contribution is 7.14. The minimum atomic E-state index is -0.163. The summed E-state index contributed by atoms with van der Waals surface area (Å²) in [5.74, 6) is 0. The second-order valence-corrected chi connectivity index (χ2v) is 3.91. The molecule has 7 heteroatoms. The second kappa shape index (κ2) is 4.37. The number of nitrogens with zero attached hydrogens (tertiary/aromatic N) is 3. The van der Waals surface area contributed by atoms with E-state index in [0.717, 1.165) is 0 Å². The maximum Gasteiger partial charge on any atom is 0.292 e. The first kappa shape index (κ1) is 10.1. The molecule has 2 aromatic rings. The lowest BCUT2D eigenvalue weighted by Gasteiger charge is -1.94. The first-order chi connectivity index (χ1) is 7.33. The molecule has 0 aliphatic carbocycles. The van der Waals surface area contributed by atoms with Crippen molar-refractivity contribution in [3.8, 4) is 0 Å². The minimum absolute atomic E-state index is 0.139. The number of aliphatic hydroxyl groups excluding tert-OH is 1. The zero-order valence-electron chi connectivity index (χ0n) is 7.88. The molecule has 80 valence electrons. The quantitative estimate of drug-likeness (QED) is 0.625. The molecule has 15 heavy (non-hydrogen) atoms. The van der Waals surface area contributed by atoms with Gasteiger partial charge < -0.3 is 10.4 Å². The summed E-state index contributed by atoms with van der Waals surface area (Å²) in [5.41, 5.74) is -0.163. The van der Waals surface area contributed by atoms with Crippen LogP contribution >= 0.6 is 11.3 Å². The van der Waals surface area contributed by atoms with Crippen LogP contribution in [0, 0.1) is 0 Å². The number of fused-ring (bicyclic) bond motifs is 1. The third-order valence-corrected chi connectivity index (χ3v) is 2.81. The molecule has 0 unspecified atom stereocenters. The third-order valence-electron chi connectivity index (χ3n) is 1.83. The molecule has 0 amide bonds. The van der Waals surface area contributed by atoms with E-state index in [4.69, 9.17) is 5.11 Å². The Hall–Kier alpha value is -1.47. The topological polar surface area (TPSA) is 79.5 Å². The molecule has 0 saturated carbocycles. The first-order valence-electron chi connectivity index (χ1n) is 4.50. The number of thiazole rings is 1. The molecule has 2 aromatic heterocycles. The molecule has 0 bridgehead atoms. The lowest BCUT2D eigenvalue weighted by molar-refractivity contribution is 0.289. The second-order valence-electron chi connectivity index (χ2n) is 2.90. The molecule has 2 N–H and O–H groups in total. The van der Waals surface area contributed by atoms with E-state index in [0.29, 0.717) is 22.5 Å². The van der Waals surface area contributed by atoms with E-state index in [2.05, 4.69) is 15.4 Å². The Kier molecular flexibility index (Phi) is 2.93. The van der Waals surface area contributed by atoms with E-state index in [1.807, 2.05) is 0 Å². The number of aromatic nitrogens is 3. The first-order valence-corrected chi connectivity index (χ1v) is 5.31. The molecule has 2 heterocycles. The van der Waals surface area contributed by atoms with Crippen molar-refractivity contribution in [1.29, 1.82) is 0 Å². The predicted octanol–water partition coefficient (Wildman–Crippen LogP) is -1.42. The average Bonchev–Trinajstić information content (AvgIpc) is 2.78. The Morgan fingerprint density at radius 2 is 2.53 bits per heavy atom. The van der Waals surface area contributed by atoms with Gasteiger partial charge in [-0.25, -0.2) is 4.98 Å². The number of rotatable bonds is 4. The van der Waals surface area contributed by atoms with Crippen LogP contribution < -0.4 is 15.4 Å². The minimum Gasteiger partial charge on any atom is -0.396 e. The molecule has 0 aromatic carbocycles. The summed E-state index contributed by atoms with van der Waals surface area (Å²) in [4.78, 5) is 16.1. The fourth-order valence-electron chi connectivity index (χ4n) is 1.12. The molecule has 0 atom stereocenters. The van der Waals surface area contributed by atoms with Crippen molar-refractivity contribution in [2.24, 2.45) is 0 Å². The smallest absolute Gasteiger partial charge is 0.292 e. The van der Waals surface area contributed by atoms with Crippen molar-refractivity contribution in [3.63, 3.8) is 0 Å². The van der Waals surface area contributed by atoms with Gasteiger partial charge in [-0.1, -0.05) is 11.3 Å². The summed E-state index contributed by atoms with van der Waals surface area (Å²) < 4.78 is 1.84. The third kappa shape index (κ3) is 1.97. The SMILES string of the molecule is O=c1/c(=C/NCCCO)sc2ncnn12. The Morgan fingerprint density at radius 3 is 3.27 bits per heavy atom. The van der Waals surface area contributed by atoms with Crippen molar-refractivity contribution in [2.75, 3.05) is 13.2 Å². The highest BCUT2D eigenvalue weighted by Crippen LogP contribution is 1.95. The van der Waals surface area contributed by atoms with Gasteiger partial charge >= 0.3 is 0 Å². The Balaban J connectivity index is 2.24. The normalized spacial score (nSPS) is 12.5. The van der Waals surface area contributed by atoms with Crippen LogP contribution in [0.3, 0.4) is 0 Å². The van der Waals surface area contributed by atoms with E-state index < -0.39 is 0 Å². The van der Waals surface area contributed by atoms with E-state index in [-0.39, 0.29) is 12.2 Å². The molecule has 0 radical (unpaired) electrons. The standard InChI is InChI=1S/C8H10N4O2S/c13-3-1-2-9-4-6-7(14)12-8(15-6)10-5-11-12/h4-5,9,13H,1-3H2/b6-4-. The van der Waals surface area contributed by atoms with Gasteiger partial charge in [-0.3, -0.25) is 4.79 Å². The van der Waals surface area contributed by atoms with Crippen molar-refractivity contribution < 1.29 is 5.11 Å². The highest BCUT2D eigenvalue weighted by atomic mass is 32.1. The fourth-order valence-corrected chi connectivity index (χ4v) is 1.95. The fraction of sp³-hybridized carbons (Fsp3) is 0.375. The van der Waals surface area contributed by atoms with Crippen LogP contribution in [0.15, 0.2) is 11.1 Å². The highest BCUT2D eigenvalue weighted by Gasteiger charge is 2.03. The monoisotopic (exact) mass is 226 g/mol. The Bertz CT molecular complexity index is 546. The molecule has 0 saturated heterocycles. The van der Waals surface area contributed by atoms with E-state index in [1.165, 1.54) is 22.2 Å². The van der Waals surface area contributed by atoms with Gasteiger partial charge in [0, 0.05) is 19.4 Å². The van der Waals surface area contributed by atoms with Gasteiger partial charge in [0.2, 0.25) is 4.96 Å². The molecule has 0 fully saturated rings. The largest absolute Gasteiger partial charge is 0.396 e. The molecule has 6 nitrogen and oxygen atoms in total. The van der Waals surface area contributed by atoms with E-state index >= 15 is 0 Å². The summed E-state index contributed by atoms with van der Waals surface area (Å²) in [7, 11) is 0. The molecule has 2 rings (SSSR count). The van der Waals surface area contributed by atoms with E-state index in [1.54, 1.807) is 6.20 Å². The summed E-state index contributed by atoms with van der Waals surface area (Å²) in [6.45, 7) is 0.782. The lowest BCUT2D eigenvalue weighted by Crippen LogP contribution is -2.26. The Morgan fingerprint density at radius 1 is 1.67 bits per heavy atom. The number of aliphatic hydroxyl groups is 1. The predicted molar refractivity (Wildman–Crippen MR) is 56.5 cm³/mol. The zero-order chi connectivity index (χ0) is 10.7. The zero-order valence-corrected chi connectivity index (χ0v) is 8.70. The van der Waals surface area contributed by atoms with Crippen LogP contribution in [-0.4, -0.2) is 32.9 Å². The number of hydrogen-bond acceptors (Lipinski definition) is 6. The Labute approximate surface area is 88.9 Å². The van der Waals surface area contributed by atoms with Crippen LogP contribution in [-0.2, 0) is 0 Å². The van der Waals surface area contributed by atoms with Crippen LogP contribution in [0.2, 0.25) is 0 Å². The maximum atomic E-state index is 11.6.